The van der Waals surface area contributed by atoms with Gasteiger partial charge in [-0.25, -0.2) is 8.42 Å². The number of thiophene rings is 1. The van der Waals surface area contributed by atoms with Gasteiger partial charge in [-0.05, 0) is 24.1 Å². The van der Waals surface area contributed by atoms with Crippen molar-refractivity contribution >= 4 is 27.1 Å². The molecule has 2 aromatic rings. The summed E-state index contributed by atoms with van der Waals surface area (Å²) in [5, 5.41) is 0. The highest BCUT2D eigenvalue weighted by Crippen LogP contribution is 2.42. The number of rotatable bonds is 4. The minimum atomic E-state index is -3.32. The van der Waals surface area contributed by atoms with E-state index in [0.29, 0.717) is 21.9 Å². The Morgan fingerprint density at radius 3 is 2.78 bits per heavy atom. The zero-order chi connectivity index (χ0) is 16.6. The van der Waals surface area contributed by atoms with Gasteiger partial charge in [0.05, 0.1) is 15.5 Å². The Kier molecular flexibility index (Phi) is 4.29. The maximum Gasteiger partial charge on any atom is 0.263 e. The zero-order valence-electron chi connectivity index (χ0n) is 13.2. The number of sulfone groups is 1. The summed E-state index contributed by atoms with van der Waals surface area (Å²) in [4.78, 5) is 16.1. The van der Waals surface area contributed by atoms with Crippen LogP contribution in [0.15, 0.2) is 35.2 Å². The van der Waals surface area contributed by atoms with Gasteiger partial charge in [0.2, 0.25) is 0 Å². The molecular formula is C17H19NO3S2. The first kappa shape index (κ1) is 16.2. The minimum absolute atomic E-state index is 0.0260. The molecule has 6 heteroatoms. The fraction of sp³-hybridized carbons (Fsp3) is 0.353. The van der Waals surface area contributed by atoms with Crippen molar-refractivity contribution < 1.29 is 13.2 Å². The largest absolute Gasteiger partial charge is 0.341 e. The Morgan fingerprint density at radius 2 is 2.04 bits per heavy atom. The molecule has 0 fully saturated rings. The van der Waals surface area contributed by atoms with Crippen molar-refractivity contribution in [1.29, 1.82) is 0 Å². The Labute approximate surface area is 140 Å². The van der Waals surface area contributed by atoms with Crippen LogP contribution in [-0.4, -0.2) is 32.8 Å². The second-order valence-electron chi connectivity index (χ2n) is 5.80. The molecule has 0 unspecified atom stereocenters. The number of amides is 1. The smallest absolute Gasteiger partial charge is 0.263 e. The van der Waals surface area contributed by atoms with Crippen molar-refractivity contribution in [3.63, 3.8) is 0 Å². The van der Waals surface area contributed by atoms with E-state index in [-0.39, 0.29) is 11.7 Å². The number of hydrogen-bond donors (Lipinski definition) is 0. The molecule has 1 amide bonds. The van der Waals surface area contributed by atoms with E-state index < -0.39 is 9.84 Å². The number of fused-ring (bicyclic) bond motifs is 3. The molecule has 0 radical (unpaired) electrons. The fourth-order valence-corrected chi connectivity index (χ4v) is 5.72. The van der Waals surface area contributed by atoms with Crippen molar-refractivity contribution in [3.8, 4) is 10.4 Å². The summed E-state index contributed by atoms with van der Waals surface area (Å²) in [7, 11) is -1.53. The normalized spacial score (nSPS) is 14.9. The second kappa shape index (κ2) is 6.09. The molecule has 1 aromatic carbocycles. The third-order valence-electron chi connectivity index (χ3n) is 4.03. The van der Waals surface area contributed by atoms with E-state index in [0.717, 1.165) is 23.3 Å². The van der Waals surface area contributed by atoms with Crippen LogP contribution in [-0.2, 0) is 15.6 Å². The molecule has 0 N–H and O–H groups in total. The first-order valence-electron chi connectivity index (χ1n) is 7.64. The molecule has 122 valence electrons. The SMILES string of the molecule is CCCCN(C)C(=O)c1cc2c(s1)-c1ccccc1S(=O)(=O)C2. The van der Waals surface area contributed by atoms with Gasteiger partial charge in [-0.15, -0.1) is 11.3 Å². The van der Waals surface area contributed by atoms with Gasteiger partial charge < -0.3 is 4.90 Å². The molecule has 4 nitrogen and oxygen atoms in total. The molecule has 0 aliphatic carbocycles. The summed E-state index contributed by atoms with van der Waals surface area (Å²) >= 11 is 1.39. The summed E-state index contributed by atoms with van der Waals surface area (Å²) in [6.45, 7) is 2.80. The minimum Gasteiger partial charge on any atom is -0.341 e. The number of nitrogens with zero attached hydrogens (tertiary/aromatic N) is 1. The molecule has 1 aliphatic heterocycles. The van der Waals surface area contributed by atoms with E-state index in [1.165, 1.54) is 11.3 Å². The maximum atomic E-state index is 12.5. The number of unbranched alkanes of at least 4 members (excludes halogenated alkanes) is 1. The molecule has 23 heavy (non-hydrogen) atoms. The molecule has 0 atom stereocenters. The highest BCUT2D eigenvalue weighted by Gasteiger charge is 2.30. The van der Waals surface area contributed by atoms with Crippen molar-refractivity contribution in [2.45, 2.75) is 30.4 Å². The molecule has 0 bridgehead atoms. The highest BCUT2D eigenvalue weighted by molar-refractivity contribution is 7.91. The van der Waals surface area contributed by atoms with Crippen LogP contribution in [0.3, 0.4) is 0 Å². The third-order valence-corrected chi connectivity index (χ3v) is 6.94. The number of hydrogen-bond acceptors (Lipinski definition) is 4. The molecule has 0 saturated heterocycles. The molecule has 1 aromatic heterocycles. The first-order valence-corrected chi connectivity index (χ1v) is 10.1. The number of carbonyl (C=O) groups is 1. The van der Waals surface area contributed by atoms with Crippen LogP contribution in [0.1, 0.15) is 35.0 Å². The van der Waals surface area contributed by atoms with E-state index in [2.05, 4.69) is 6.92 Å². The quantitative estimate of drug-likeness (QED) is 0.848. The van der Waals surface area contributed by atoms with Crippen LogP contribution in [0, 0.1) is 0 Å². The highest BCUT2D eigenvalue weighted by atomic mass is 32.2. The summed E-state index contributed by atoms with van der Waals surface area (Å²) in [5.41, 5.74) is 1.45. The summed E-state index contributed by atoms with van der Waals surface area (Å²) in [5.74, 6) is -0.0605. The lowest BCUT2D eigenvalue weighted by Crippen LogP contribution is -2.26. The lowest BCUT2D eigenvalue weighted by Gasteiger charge is -2.16. The monoisotopic (exact) mass is 349 g/mol. The molecule has 0 saturated carbocycles. The van der Waals surface area contributed by atoms with Gasteiger partial charge in [-0.2, -0.15) is 0 Å². The van der Waals surface area contributed by atoms with Gasteiger partial charge in [0.15, 0.2) is 9.84 Å². The lowest BCUT2D eigenvalue weighted by atomic mass is 10.1. The predicted octanol–water partition coefficient (Wildman–Crippen LogP) is 3.57. The number of benzene rings is 1. The molecular weight excluding hydrogens is 330 g/mol. The average molecular weight is 349 g/mol. The van der Waals surface area contributed by atoms with Crippen LogP contribution < -0.4 is 0 Å². The van der Waals surface area contributed by atoms with Crippen LogP contribution in [0.25, 0.3) is 10.4 Å². The molecule has 0 spiro atoms. The van der Waals surface area contributed by atoms with Crippen LogP contribution in [0.4, 0.5) is 0 Å². The van der Waals surface area contributed by atoms with Crippen LogP contribution >= 0.6 is 11.3 Å². The van der Waals surface area contributed by atoms with E-state index in [9.17, 15) is 13.2 Å². The topological polar surface area (TPSA) is 54.5 Å². The molecule has 3 rings (SSSR count). The molecule has 2 heterocycles. The first-order chi connectivity index (χ1) is 10.9. The van der Waals surface area contributed by atoms with Crippen molar-refractivity contribution in [3.05, 3.63) is 40.8 Å². The third kappa shape index (κ3) is 2.93. The van der Waals surface area contributed by atoms with E-state index in [1.807, 2.05) is 12.1 Å². The maximum absolute atomic E-state index is 12.5. The van der Waals surface area contributed by atoms with Gasteiger partial charge in [0, 0.05) is 24.0 Å². The average Bonchev–Trinajstić information content (AvgIpc) is 2.95. The van der Waals surface area contributed by atoms with Crippen molar-refractivity contribution in [2.24, 2.45) is 0 Å². The second-order valence-corrected chi connectivity index (χ2v) is 8.81. The zero-order valence-corrected chi connectivity index (χ0v) is 14.8. The molecule has 1 aliphatic rings. The summed E-state index contributed by atoms with van der Waals surface area (Å²) in [6, 6.07) is 8.77. The van der Waals surface area contributed by atoms with Gasteiger partial charge in [-0.1, -0.05) is 31.5 Å². The Bertz CT molecular complexity index is 852. The van der Waals surface area contributed by atoms with Crippen LogP contribution in [0.5, 0.6) is 0 Å². The van der Waals surface area contributed by atoms with Crippen LogP contribution in [0.2, 0.25) is 0 Å². The summed E-state index contributed by atoms with van der Waals surface area (Å²) in [6.07, 6.45) is 1.99. The van der Waals surface area contributed by atoms with Gasteiger partial charge in [0.25, 0.3) is 5.91 Å². The van der Waals surface area contributed by atoms with Crippen molar-refractivity contribution in [2.75, 3.05) is 13.6 Å². The van der Waals surface area contributed by atoms with Gasteiger partial charge >= 0.3 is 0 Å². The van der Waals surface area contributed by atoms with Crippen molar-refractivity contribution in [1.82, 2.24) is 4.90 Å². The number of carbonyl (C=O) groups excluding carboxylic acids is 1. The van der Waals surface area contributed by atoms with E-state index in [1.54, 1.807) is 30.1 Å². The van der Waals surface area contributed by atoms with Gasteiger partial charge in [-0.3, -0.25) is 4.79 Å². The van der Waals surface area contributed by atoms with E-state index in [4.69, 9.17) is 0 Å². The summed E-state index contributed by atoms with van der Waals surface area (Å²) < 4.78 is 24.8. The Hall–Kier alpha value is -1.66. The lowest BCUT2D eigenvalue weighted by molar-refractivity contribution is 0.0798. The van der Waals surface area contributed by atoms with Gasteiger partial charge in [0.1, 0.15) is 0 Å². The predicted molar refractivity (Wildman–Crippen MR) is 92.5 cm³/mol. The fourth-order valence-electron chi connectivity index (χ4n) is 2.76. The standard InChI is InChI=1S/C17H19NO3S2/c1-3-4-9-18(2)17(19)14-10-12-11-23(20,21)15-8-6-5-7-13(15)16(12)22-14/h5-8,10H,3-4,9,11H2,1-2H3. The Morgan fingerprint density at radius 1 is 1.30 bits per heavy atom. The Balaban J connectivity index is 2.00. The van der Waals surface area contributed by atoms with E-state index >= 15 is 0 Å².